The molecule has 0 aromatic heterocycles. The van der Waals surface area contributed by atoms with Crippen molar-refractivity contribution in [3.63, 3.8) is 0 Å². The zero-order chi connectivity index (χ0) is 33.3. The third kappa shape index (κ3) is 8.70. The summed E-state index contributed by atoms with van der Waals surface area (Å²) in [7, 11) is -4.27. The Morgan fingerprint density at radius 1 is 0.957 bits per heavy atom. The first-order valence-electron chi connectivity index (χ1n) is 15.5. The summed E-state index contributed by atoms with van der Waals surface area (Å²) in [5.41, 5.74) is 0.682. The van der Waals surface area contributed by atoms with Gasteiger partial charge in [-0.05, 0) is 81.0 Å². The number of sulfonamides is 1. The molecule has 0 aliphatic heterocycles. The summed E-state index contributed by atoms with van der Waals surface area (Å²) >= 11 is 14.6. The molecule has 4 rings (SSSR count). The Morgan fingerprint density at radius 2 is 1.61 bits per heavy atom. The maximum atomic E-state index is 14.5. The number of anilines is 1. The molecule has 0 bridgehead atoms. The molecule has 248 valence electrons. The van der Waals surface area contributed by atoms with Crippen LogP contribution in [0.2, 0.25) is 10.0 Å². The van der Waals surface area contributed by atoms with Crippen LogP contribution < -0.4 is 14.4 Å². The molecule has 3 aromatic rings. The minimum absolute atomic E-state index is 0.0205. The van der Waals surface area contributed by atoms with E-state index in [1.807, 2.05) is 13.2 Å². The average molecular weight is 707 g/mol. The van der Waals surface area contributed by atoms with Gasteiger partial charge in [0, 0.05) is 33.1 Å². The number of nitrogens with zero attached hydrogens (tertiary/aromatic N) is 2. The Hall–Kier alpha value is -2.92. The van der Waals surface area contributed by atoms with Gasteiger partial charge >= 0.3 is 0 Å². The number of benzene rings is 3. The zero-order valence-electron chi connectivity index (χ0n) is 26.4. The van der Waals surface area contributed by atoms with Gasteiger partial charge in [-0.3, -0.25) is 13.9 Å². The molecule has 1 atom stereocenters. The number of ether oxygens (including phenoxy) is 1. The quantitative estimate of drug-likeness (QED) is 0.174. The van der Waals surface area contributed by atoms with Crippen molar-refractivity contribution in [2.75, 3.05) is 23.7 Å². The fourth-order valence-corrected chi connectivity index (χ4v) is 8.00. The zero-order valence-corrected chi connectivity index (χ0v) is 29.5. The summed E-state index contributed by atoms with van der Waals surface area (Å²) in [6.45, 7) is 3.24. The number of rotatable bonds is 14. The van der Waals surface area contributed by atoms with E-state index in [-0.39, 0.29) is 35.7 Å². The first kappa shape index (κ1) is 35.9. The van der Waals surface area contributed by atoms with Crippen molar-refractivity contribution in [1.29, 1.82) is 0 Å². The van der Waals surface area contributed by atoms with Gasteiger partial charge in [0.15, 0.2) is 0 Å². The Balaban J connectivity index is 1.78. The molecule has 8 nitrogen and oxygen atoms in total. The van der Waals surface area contributed by atoms with Crippen molar-refractivity contribution in [2.45, 2.75) is 80.8 Å². The molecule has 46 heavy (non-hydrogen) atoms. The normalized spacial score (nSPS) is 14.4. The third-order valence-corrected chi connectivity index (χ3v) is 11.3. The molecule has 1 N–H and O–H groups in total. The van der Waals surface area contributed by atoms with Gasteiger partial charge in [-0.25, -0.2) is 8.42 Å². The number of amides is 2. The molecule has 1 fully saturated rings. The number of carbonyl (C=O) groups is 2. The van der Waals surface area contributed by atoms with Gasteiger partial charge in [0.25, 0.3) is 10.0 Å². The van der Waals surface area contributed by atoms with Gasteiger partial charge in [-0.15, -0.1) is 11.8 Å². The minimum Gasteiger partial charge on any atom is -0.492 e. The van der Waals surface area contributed by atoms with E-state index >= 15 is 0 Å². The smallest absolute Gasteiger partial charge is 0.264 e. The summed E-state index contributed by atoms with van der Waals surface area (Å²) in [6.07, 6.45) is 7.15. The Kier molecular flexibility index (Phi) is 13.1. The summed E-state index contributed by atoms with van der Waals surface area (Å²) in [6, 6.07) is 17.4. The summed E-state index contributed by atoms with van der Waals surface area (Å²) in [4.78, 5) is 30.6. The van der Waals surface area contributed by atoms with Gasteiger partial charge in [0.2, 0.25) is 11.8 Å². The van der Waals surface area contributed by atoms with Crippen molar-refractivity contribution in [1.82, 2.24) is 10.2 Å². The van der Waals surface area contributed by atoms with Crippen molar-refractivity contribution in [3.05, 3.63) is 82.3 Å². The van der Waals surface area contributed by atoms with E-state index in [0.29, 0.717) is 27.8 Å². The largest absolute Gasteiger partial charge is 0.492 e. The molecule has 12 heteroatoms. The number of hydrogen-bond acceptors (Lipinski definition) is 6. The molecule has 3 aromatic carbocycles. The molecule has 0 radical (unpaired) electrons. The number of thioether (sulfide) groups is 1. The van der Waals surface area contributed by atoms with Crippen LogP contribution in [-0.2, 0) is 26.2 Å². The highest BCUT2D eigenvalue weighted by molar-refractivity contribution is 7.98. The molecule has 1 aliphatic rings. The fraction of sp³-hybridized carbons (Fsp3) is 0.412. The lowest BCUT2D eigenvalue weighted by Gasteiger charge is -2.35. The van der Waals surface area contributed by atoms with Crippen molar-refractivity contribution in [2.24, 2.45) is 0 Å². The lowest BCUT2D eigenvalue weighted by Crippen LogP contribution is -2.54. The molecular weight excluding hydrogens is 665 g/mol. The van der Waals surface area contributed by atoms with Crippen LogP contribution in [0.3, 0.4) is 0 Å². The van der Waals surface area contributed by atoms with Crippen LogP contribution in [0.15, 0.2) is 76.5 Å². The second kappa shape index (κ2) is 16.8. The second-order valence-electron chi connectivity index (χ2n) is 11.1. The number of halogens is 2. The van der Waals surface area contributed by atoms with E-state index in [1.165, 1.54) is 28.8 Å². The predicted octanol–water partition coefficient (Wildman–Crippen LogP) is 7.57. The van der Waals surface area contributed by atoms with Crippen LogP contribution in [-0.4, -0.2) is 56.6 Å². The monoisotopic (exact) mass is 705 g/mol. The van der Waals surface area contributed by atoms with Gasteiger partial charge in [0.05, 0.1) is 17.2 Å². The number of para-hydroxylation sites is 2. The lowest BCUT2D eigenvalue weighted by atomic mass is 9.95. The first-order valence-corrected chi connectivity index (χ1v) is 18.9. The van der Waals surface area contributed by atoms with Crippen LogP contribution in [0.4, 0.5) is 5.69 Å². The molecule has 0 spiro atoms. The van der Waals surface area contributed by atoms with Crippen molar-refractivity contribution < 1.29 is 22.7 Å². The SMILES string of the molecule is CCOc1ccccc1N(CC(=O)N(Cc1c(Cl)cccc1Cl)[C@@H](CC)C(=O)NC1CCCCC1)S(=O)(=O)c1ccc(SC)cc1. The second-order valence-corrected chi connectivity index (χ2v) is 14.6. The van der Waals surface area contributed by atoms with Crippen molar-refractivity contribution >= 4 is 62.5 Å². The summed E-state index contributed by atoms with van der Waals surface area (Å²) < 4.78 is 35.5. The average Bonchev–Trinajstić information content (AvgIpc) is 3.05. The van der Waals surface area contributed by atoms with Gasteiger partial charge in [-0.2, -0.15) is 0 Å². The van der Waals surface area contributed by atoms with Crippen LogP contribution in [0.5, 0.6) is 5.75 Å². The van der Waals surface area contributed by atoms with E-state index in [2.05, 4.69) is 5.32 Å². The summed E-state index contributed by atoms with van der Waals surface area (Å²) in [5.74, 6) is -0.565. The van der Waals surface area contributed by atoms with E-state index in [9.17, 15) is 18.0 Å². The number of hydrogen-bond donors (Lipinski definition) is 1. The van der Waals surface area contributed by atoms with Gasteiger partial charge < -0.3 is 15.0 Å². The number of carbonyl (C=O) groups excluding carboxylic acids is 2. The van der Waals surface area contributed by atoms with Crippen LogP contribution >= 0.6 is 35.0 Å². The van der Waals surface area contributed by atoms with Crippen LogP contribution in [0.1, 0.15) is 57.9 Å². The Labute approximate surface area is 286 Å². The van der Waals surface area contributed by atoms with E-state index < -0.39 is 28.5 Å². The van der Waals surface area contributed by atoms with Gasteiger partial charge in [-0.1, -0.05) is 67.6 Å². The lowest BCUT2D eigenvalue weighted by molar-refractivity contribution is -0.140. The fourth-order valence-electron chi connectivity index (χ4n) is 5.65. The molecule has 1 saturated carbocycles. The van der Waals surface area contributed by atoms with Crippen LogP contribution in [0.25, 0.3) is 0 Å². The highest BCUT2D eigenvalue weighted by Crippen LogP contribution is 2.34. The minimum atomic E-state index is -4.27. The Bertz CT molecular complexity index is 1580. The van der Waals surface area contributed by atoms with E-state index in [1.54, 1.807) is 61.5 Å². The maximum absolute atomic E-state index is 14.5. The Morgan fingerprint density at radius 3 is 2.22 bits per heavy atom. The molecule has 0 heterocycles. The molecular formula is C34H41Cl2N3O5S2. The summed E-state index contributed by atoms with van der Waals surface area (Å²) in [5, 5.41) is 3.83. The van der Waals surface area contributed by atoms with Gasteiger partial charge in [0.1, 0.15) is 18.3 Å². The highest BCUT2D eigenvalue weighted by atomic mass is 35.5. The number of nitrogens with one attached hydrogen (secondary N) is 1. The highest BCUT2D eigenvalue weighted by Gasteiger charge is 2.36. The standard InChI is InChI=1S/C34H41Cl2N3O5S2/c1-4-30(34(41)37-24-12-7-6-8-13-24)38(22-27-28(35)14-11-15-29(27)36)33(40)23-39(31-16-9-10-17-32(31)44-5-2)46(42,43)26-20-18-25(45-3)19-21-26/h9-11,14-21,24,30H,4-8,12-13,22-23H2,1-3H3,(H,37,41)/t30-/m0/s1. The molecule has 1 aliphatic carbocycles. The van der Waals surface area contributed by atoms with E-state index in [4.69, 9.17) is 27.9 Å². The van der Waals surface area contributed by atoms with E-state index in [0.717, 1.165) is 41.3 Å². The topological polar surface area (TPSA) is 96.0 Å². The van der Waals surface area contributed by atoms with Crippen LogP contribution in [0, 0.1) is 0 Å². The predicted molar refractivity (Wildman–Crippen MR) is 186 cm³/mol. The third-order valence-electron chi connectivity index (χ3n) is 8.09. The molecule has 2 amide bonds. The maximum Gasteiger partial charge on any atom is 0.264 e. The molecule has 0 unspecified atom stereocenters. The molecule has 0 saturated heterocycles. The van der Waals surface area contributed by atoms with Crippen molar-refractivity contribution in [3.8, 4) is 5.75 Å². The first-order chi connectivity index (χ1) is 22.1.